The number of halogens is 4. The number of aromatic nitrogens is 2. The number of ether oxygens (including phenoxy) is 1. The van der Waals surface area contributed by atoms with E-state index in [1.54, 1.807) is 20.8 Å². The molecule has 16 heteroatoms. The van der Waals surface area contributed by atoms with E-state index < -0.39 is 58.2 Å². The number of benzene rings is 1. The first-order valence-corrected chi connectivity index (χ1v) is 15.3. The van der Waals surface area contributed by atoms with E-state index >= 15 is 8.78 Å². The topological polar surface area (TPSA) is 128 Å². The molecule has 4 heterocycles. The van der Waals surface area contributed by atoms with Crippen molar-refractivity contribution < 1.29 is 40.6 Å². The monoisotopic (exact) mass is 618 g/mol. The molecule has 2 atom stereocenters. The van der Waals surface area contributed by atoms with Gasteiger partial charge in [0.15, 0.2) is 0 Å². The highest BCUT2D eigenvalue weighted by atomic mass is 32.2. The zero-order valence-electron chi connectivity index (χ0n) is 23.7. The van der Waals surface area contributed by atoms with E-state index in [-0.39, 0.29) is 67.2 Å². The summed E-state index contributed by atoms with van der Waals surface area (Å²) in [6.45, 7) is 3.62. The number of amides is 1. The number of sulfonamides is 1. The molecule has 3 fully saturated rings. The van der Waals surface area contributed by atoms with Crippen LogP contribution in [-0.4, -0.2) is 108 Å². The first-order valence-electron chi connectivity index (χ1n) is 13.5. The molecule has 1 amide bonds. The van der Waals surface area contributed by atoms with Crippen LogP contribution in [0, 0.1) is 5.41 Å². The molecule has 3 aliphatic heterocycles. The maximum absolute atomic E-state index is 15.5. The number of likely N-dealkylation sites (tertiary alicyclic amines) is 1. The van der Waals surface area contributed by atoms with Crippen molar-refractivity contribution in [3.63, 3.8) is 0 Å². The number of hydrogen-bond acceptors (Lipinski definition) is 9. The van der Waals surface area contributed by atoms with Gasteiger partial charge in [-0.25, -0.2) is 40.7 Å². The summed E-state index contributed by atoms with van der Waals surface area (Å²) in [6, 6.07) is 1.74. The molecule has 232 valence electrons. The first-order chi connectivity index (χ1) is 19.4. The number of rotatable bonds is 5. The van der Waals surface area contributed by atoms with Crippen molar-refractivity contribution >= 4 is 38.7 Å². The number of alkyl halides is 4. The van der Waals surface area contributed by atoms with E-state index in [1.807, 2.05) is 0 Å². The van der Waals surface area contributed by atoms with Crippen molar-refractivity contribution in [1.29, 1.82) is 0 Å². The maximum atomic E-state index is 15.5. The Kier molecular flexibility index (Phi) is 7.50. The van der Waals surface area contributed by atoms with Crippen LogP contribution in [0.4, 0.5) is 34.0 Å². The number of piperidine rings is 1. The number of aliphatic hydroxyl groups is 1. The van der Waals surface area contributed by atoms with Gasteiger partial charge in [0, 0.05) is 49.9 Å². The van der Waals surface area contributed by atoms with Crippen LogP contribution < -0.4 is 10.2 Å². The van der Waals surface area contributed by atoms with Gasteiger partial charge in [0.05, 0.1) is 41.6 Å². The minimum absolute atomic E-state index is 0.0332. The van der Waals surface area contributed by atoms with Crippen molar-refractivity contribution in [3.05, 3.63) is 23.9 Å². The van der Waals surface area contributed by atoms with E-state index in [4.69, 9.17) is 4.74 Å². The van der Waals surface area contributed by atoms with Crippen molar-refractivity contribution in [3.8, 4) is 0 Å². The highest BCUT2D eigenvalue weighted by Gasteiger charge is 2.67. The molecule has 0 saturated carbocycles. The van der Waals surface area contributed by atoms with Gasteiger partial charge in [-0.05, 0) is 39.3 Å². The molecule has 0 radical (unpaired) electrons. The van der Waals surface area contributed by atoms with Gasteiger partial charge in [-0.1, -0.05) is 0 Å². The lowest BCUT2D eigenvalue weighted by molar-refractivity contribution is -0.151. The predicted octanol–water partition coefficient (Wildman–Crippen LogP) is 3.07. The third-order valence-corrected chi connectivity index (χ3v) is 9.17. The van der Waals surface area contributed by atoms with Gasteiger partial charge in [0.2, 0.25) is 16.0 Å². The molecule has 2 aromatic rings. The number of nitrogens with one attached hydrogen (secondary N) is 1. The van der Waals surface area contributed by atoms with Gasteiger partial charge in [-0.15, -0.1) is 0 Å². The number of fused-ring (bicyclic) bond motifs is 1. The van der Waals surface area contributed by atoms with E-state index in [9.17, 15) is 27.1 Å². The fourth-order valence-electron chi connectivity index (χ4n) is 5.71. The lowest BCUT2D eigenvalue weighted by atomic mass is 9.76. The molecule has 42 heavy (non-hydrogen) atoms. The van der Waals surface area contributed by atoms with Crippen molar-refractivity contribution in [2.75, 3.05) is 55.7 Å². The normalized spacial score (nSPS) is 24.3. The number of aliphatic hydroxyl groups excluding tert-OH is 1. The average Bonchev–Trinajstić information content (AvgIpc) is 3.12. The zero-order valence-corrected chi connectivity index (χ0v) is 24.5. The maximum Gasteiger partial charge on any atom is 0.410 e. The molecular formula is C26H34F4N6O5S. The summed E-state index contributed by atoms with van der Waals surface area (Å²) in [5.74, 6) is -3.20. The number of β-amino-alcohol motifs (C(OH)–C–C–N with tert-alkyl or cyclic N) is 1. The Labute approximate surface area is 240 Å². The second-order valence-corrected chi connectivity index (χ2v) is 14.4. The van der Waals surface area contributed by atoms with E-state index in [0.717, 1.165) is 16.6 Å². The lowest BCUT2D eigenvalue weighted by Crippen LogP contribution is -2.66. The molecule has 0 aliphatic carbocycles. The summed E-state index contributed by atoms with van der Waals surface area (Å²) < 4.78 is 88.7. The van der Waals surface area contributed by atoms with E-state index in [0.29, 0.717) is 0 Å². The quantitative estimate of drug-likeness (QED) is 0.486. The molecule has 0 unspecified atom stereocenters. The Hall–Kier alpha value is -2.98. The Bertz CT molecular complexity index is 1480. The number of anilines is 2. The van der Waals surface area contributed by atoms with Gasteiger partial charge in [0.25, 0.3) is 12.3 Å². The highest BCUT2D eigenvalue weighted by Crippen LogP contribution is 2.52. The lowest BCUT2D eigenvalue weighted by Gasteiger charge is -2.49. The van der Waals surface area contributed by atoms with Crippen LogP contribution in [0.2, 0.25) is 0 Å². The van der Waals surface area contributed by atoms with Crippen LogP contribution >= 0.6 is 0 Å². The van der Waals surface area contributed by atoms with Gasteiger partial charge in [0.1, 0.15) is 5.60 Å². The Morgan fingerprint density at radius 3 is 2.48 bits per heavy atom. The minimum atomic E-state index is -3.49. The Morgan fingerprint density at radius 2 is 1.88 bits per heavy atom. The highest BCUT2D eigenvalue weighted by molar-refractivity contribution is 7.88. The van der Waals surface area contributed by atoms with Crippen molar-refractivity contribution in [2.24, 2.45) is 5.41 Å². The summed E-state index contributed by atoms with van der Waals surface area (Å²) in [5, 5.41) is 13.7. The fraction of sp³-hybridized carbons (Fsp3) is 0.654. The van der Waals surface area contributed by atoms with Gasteiger partial charge < -0.3 is 25.0 Å². The van der Waals surface area contributed by atoms with Gasteiger partial charge >= 0.3 is 6.09 Å². The van der Waals surface area contributed by atoms with Gasteiger partial charge in [-0.2, -0.15) is 4.31 Å². The summed E-state index contributed by atoms with van der Waals surface area (Å²) in [5.41, 5.74) is -2.50. The molecule has 1 spiro atoms. The predicted molar refractivity (Wildman–Crippen MR) is 146 cm³/mol. The molecular weight excluding hydrogens is 584 g/mol. The van der Waals surface area contributed by atoms with Crippen LogP contribution in [0.5, 0.6) is 0 Å². The summed E-state index contributed by atoms with van der Waals surface area (Å²) >= 11 is 0. The van der Waals surface area contributed by atoms with Crippen LogP contribution in [0.25, 0.3) is 10.9 Å². The third kappa shape index (κ3) is 5.80. The molecule has 1 aromatic heterocycles. The van der Waals surface area contributed by atoms with E-state index in [1.165, 1.54) is 22.1 Å². The minimum Gasteiger partial charge on any atom is -0.444 e. The fourth-order valence-corrected chi connectivity index (χ4v) is 6.57. The average molecular weight is 619 g/mol. The zero-order chi connectivity index (χ0) is 30.8. The summed E-state index contributed by atoms with van der Waals surface area (Å²) in [6.07, 6.45) is -2.03. The molecule has 2 N–H and O–H groups in total. The van der Waals surface area contributed by atoms with Crippen LogP contribution in [0.1, 0.15) is 39.2 Å². The van der Waals surface area contributed by atoms with E-state index in [2.05, 4.69) is 15.3 Å². The molecule has 11 nitrogen and oxygen atoms in total. The number of carbonyl (C=O) groups is 1. The smallest absolute Gasteiger partial charge is 0.410 e. The second kappa shape index (κ2) is 10.3. The summed E-state index contributed by atoms with van der Waals surface area (Å²) in [7, 11) is -3.49. The van der Waals surface area contributed by atoms with Gasteiger partial charge in [-0.3, -0.25) is 0 Å². The second-order valence-electron chi connectivity index (χ2n) is 12.4. The molecule has 5 rings (SSSR count). The molecule has 1 aromatic carbocycles. The number of carbonyl (C=O) groups excluding carboxylic acids is 1. The number of nitrogens with zero attached hydrogens (tertiary/aromatic N) is 5. The number of hydrogen-bond donors (Lipinski definition) is 2. The third-order valence-electron chi connectivity index (χ3n) is 7.90. The van der Waals surface area contributed by atoms with Crippen molar-refractivity contribution in [2.45, 2.75) is 57.3 Å². The van der Waals surface area contributed by atoms with Crippen LogP contribution in [-0.2, 0) is 14.8 Å². The Morgan fingerprint density at radius 1 is 1.19 bits per heavy atom. The largest absolute Gasteiger partial charge is 0.444 e. The molecule has 0 bridgehead atoms. The first kappa shape index (κ1) is 30.5. The summed E-state index contributed by atoms with van der Waals surface area (Å²) in [4.78, 5) is 23.6. The van der Waals surface area contributed by atoms with Crippen LogP contribution in [0.3, 0.4) is 0 Å². The molecule has 3 aliphatic rings. The van der Waals surface area contributed by atoms with Crippen molar-refractivity contribution in [1.82, 2.24) is 19.2 Å². The van der Waals surface area contributed by atoms with Crippen LogP contribution in [0.15, 0.2) is 18.3 Å². The SMILES string of the molecule is CC(C)(C)OC(=O)N1CC2(C1)CN(c1cc(C(F)F)cc3cnc(N[C@@H]4CCN(S(C)(=O)=O)C[C@H]4O)nc13)CC2(F)F. The Balaban J connectivity index is 1.41. The molecule has 3 saturated heterocycles. The standard InChI is InChI=1S/C26H34F4N6O5S/c1-24(2,3)41-23(38)35-12-25(13-35)11-34(14-26(25,29)30)18-8-15(21(27)28)7-16-9-31-22(33-20(16)18)32-17-5-6-36(10-19(17)37)42(4,39)40/h7-9,17,19,21,37H,5-6,10-14H2,1-4H3,(H,31,32,33)/t17-,19-/m1/s1.